The Morgan fingerprint density at radius 3 is 2.50 bits per heavy atom. The van der Waals surface area contributed by atoms with Crippen molar-refractivity contribution in [3.8, 4) is 11.5 Å². The van der Waals surface area contributed by atoms with Crippen molar-refractivity contribution in [3.05, 3.63) is 23.8 Å². The van der Waals surface area contributed by atoms with E-state index in [1.54, 1.807) is 27.9 Å². The monoisotopic (exact) mass is 365 g/mol. The van der Waals surface area contributed by atoms with Gasteiger partial charge in [0.2, 0.25) is 0 Å². The highest BCUT2D eigenvalue weighted by molar-refractivity contribution is 5.81. The highest BCUT2D eigenvalue weighted by atomic mass is 16.6. The van der Waals surface area contributed by atoms with Gasteiger partial charge in [-0.15, -0.1) is 0 Å². The van der Waals surface area contributed by atoms with E-state index < -0.39 is 29.8 Å². The molecule has 0 aromatic heterocycles. The SMILES string of the molecule is CCc1ccc(O[C@H]2C[C@@H](C(=O)O)N(C(=O)OC(C)(C)C)C2)c(OC)c1. The Balaban J connectivity index is 2.15. The second kappa shape index (κ2) is 7.85. The zero-order chi connectivity index (χ0) is 19.5. The molecule has 1 aromatic rings. The van der Waals surface area contributed by atoms with Gasteiger partial charge in [-0.2, -0.15) is 0 Å². The van der Waals surface area contributed by atoms with Crippen LogP contribution in [0.4, 0.5) is 4.79 Å². The Labute approximate surface area is 153 Å². The standard InChI is InChI=1S/C19H27NO6/c1-6-12-7-8-15(16(9-12)24-5)25-13-10-14(17(21)22)20(11-13)18(23)26-19(2,3)4/h7-9,13-14H,6,10-11H2,1-5H3,(H,21,22)/t13-,14-/m0/s1. The van der Waals surface area contributed by atoms with Crippen LogP contribution in [-0.2, 0) is 16.0 Å². The number of amides is 1. The smallest absolute Gasteiger partial charge is 0.411 e. The maximum absolute atomic E-state index is 12.3. The molecule has 1 amide bonds. The van der Waals surface area contributed by atoms with Crippen LogP contribution in [0.1, 0.15) is 39.7 Å². The average Bonchev–Trinajstić information content (AvgIpc) is 2.98. The Kier molecular flexibility index (Phi) is 6.00. The van der Waals surface area contributed by atoms with Crippen molar-refractivity contribution >= 4 is 12.1 Å². The van der Waals surface area contributed by atoms with Gasteiger partial charge in [0.25, 0.3) is 0 Å². The summed E-state index contributed by atoms with van der Waals surface area (Å²) >= 11 is 0. The zero-order valence-corrected chi connectivity index (χ0v) is 15.9. The van der Waals surface area contributed by atoms with Crippen LogP contribution >= 0.6 is 0 Å². The van der Waals surface area contributed by atoms with Crippen molar-refractivity contribution < 1.29 is 28.9 Å². The second-order valence-electron chi connectivity index (χ2n) is 7.30. The fourth-order valence-electron chi connectivity index (χ4n) is 2.85. The van der Waals surface area contributed by atoms with Crippen molar-refractivity contribution in [2.75, 3.05) is 13.7 Å². The number of nitrogens with zero attached hydrogens (tertiary/aromatic N) is 1. The lowest BCUT2D eigenvalue weighted by Gasteiger charge is -2.26. The summed E-state index contributed by atoms with van der Waals surface area (Å²) < 4.78 is 16.6. The Morgan fingerprint density at radius 2 is 1.96 bits per heavy atom. The first-order chi connectivity index (χ1) is 12.1. The third-order valence-electron chi connectivity index (χ3n) is 4.11. The molecule has 0 spiro atoms. The first-order valence-electron chi connectivity index (χ1n) is 8.70. The summed E-state index contributed by atoms with van der Waals surface area (Å²) in [6.07, 6.45) is -0.0461. The second-order valence-corrected chi connectivity index (χ2v) is 7.30. The molecular weight excluding hydrogens is 338 g/mol. The maximum Gasteiger partial charge on any atom is 0.411 e. The van der Waals surface area contributed by atoms with E-state index in [4.69, 9.17) is 14.2 Å². The van der Waals surface area contributed by atoms with E-state index in [0.29, 0.717) is 11.5 Å². The minimum absolute atomic E-state index is 0.143. The zero-order valence-electron chi connectivity index (χ0n) is 15.9. The van der Waals surface area contributed by atoms with Crippen LogP contribution in [0.5, 0.6) is 11.5 Å². The molecule has 1 saturated heterocycles. The van der Waals surface area contributed by atoms with Crippen LogP contribution in [0.2, 0.25) is 0 Å². The largest absolute Gasteiger partial charge is 0.493 e. The molecule has 0 saturated carbocycles. The van der Waals surface area contributed by atoms with Crippen LogP contribution in [0.3, 0.4) is 0 Å². The number of carboxylic acid groups (broad SMARTS) is 1. The van der Waals surface area contributed by atoms with Crippen LogP contribution in [0.25, 0.3) is 0 Å². The first kappa shape index (κ1) is 19.9. The Hall–Kier alpha value is -2.44. The molecule has 1 aromatic carbocycles. The summed E-state index contributed by atoms with van der Waals surface area (Å²) in [7, 11) is 1.56. The van der Waals surface area contributed by atoms with E-state index in [2.05, 4.69) is 0 Å². The van der Waals surface area contributed by atoms with Crippen LogP contribution in [0, 0.1) is 0 Å². The minimum Gasteiger partial charge on any atom is -0.493 e. The van der Waals surface area contributed by atoms with Gasteiger partial charge < -0.3 is 19.3 Å². The van der Waals surface area contributed by atoms with Gasteiger partial charge in [0.05, 0.1) is 13.7 Å². The van der Waals surface area contributed by atoms with E-state index in [1.807, 2.05) is 25.1 Å². The van der Waals surface area contributed by atoms with Gasteiger partial charge in [0.15, 0.2) is 11.5 Å². The molecule has 1 aliphatic rings. The Morgan fingerprint density at radius 1 is 1.27 bits per heavy atom. The highest BCUT2D eigenvalue weighted by Gasteiger charge is 2.42. The molecule has 7 heteroatoms. The number of ether oxygens (including phenoxy) is 3. The van der Waals surface area contributed by atoms with Crippen LogP contribution in [-0.4, -0.2) is 53.5 Å². The lowest BCUT2D eigenvalue weighted by Crippen LogP contribution is -2.43. The maximum atomic E-state index is 12.3. The summed E-state index contributed by atoms with van der Waals surface area (Å²) in [5, 5.41) is 9.45. The molecule has 7 nitrogen and oxygen atoms in total. The lowest BCUT2D eigenvalue weighted by molar-refractivity contribution is -0.142. The number of aliphatic carboxylic acids is 1. The molecule has 0 aliphatic carbocycles. The van der Waals surface area contributed by atoms with Crippen LogP contribution in [0.15, 0.2) is 18.2 Å². The number of hydrogen-bond acceptors (Lipinski definition) is 5. The van der Waals surface area contributed by atoms with Crippen molar-refractivity contribution in [3.63, 3.8) is 0 Å². The first-order valence-corrected chi connectivity index (χ1v) is 8.70. The fourth-order valence-corrected chi connectivity index (χ4v) is 2.85. The predicted octanol–water partition coefficient (Wildman–Crippen LogP) is 3.10. The third kappa shape index (κ3) is 4.80. The molecule has 0 unspecified atom stereocenters. The van der Waals surface area contributed by atoms with Gasteiger partial charge in [-0.25, -0.2) is 9.59 Å². The molecule has 1 fully saturated rings. The Bertz CT molecular complexity index is 666. The third-order valence-corrected chi connectivity index (χ3v) is 4.11. The fraction of sp³-hybridized carbons (Fsp3) is 0.579. The van der Waals surface area contributed by atoms with Gasteiger partial charge in [-0.05, 0) is 44.9 Å². The van der Waals surface area contributed by atoms with E-state index in [9.17, 15) is 14.7 Å². The topological polar surface area (TPSA) is 85.3 Å². The van der Waals surface area contributed by atoms with Crippen molar-refractivity contribution in [1.29, 1.82) is 0 Å². The number of carbonyl (C=O) groups is 2. The number of carboxylic acids is 1. The summed E-state index contributed by atoms with van der Waals surface area (Å²) in [6, 6.07) is 4.66. The van der Waals surface area contributed by atoms with Crippen molar-refractivity contribution in [1.82, 2.24) is 4.90 Å². The molecule has 2 rings (SSSR count). The number of likely N-dealkylation sites (tertiary alicyclic amines) is 1. The number of rotatable bonds is 5. The van der Waals surface area contributed by atoms with Gasteiger partial charge in [0, 0.05) is 6.42 Å². The van der Waals surface area contributed by atoms with E-state index in [1.165, 1.54) is 4.90 Å². The molecular formula is C19H27NO6. The molecule has 1 heterocycles. The average molecular weight is 365 g/mol. The summed E-state index contributed by atoms with van der Waals surface area (Å²) in [5.41, 5.74) is 0.414. The molecule has 2 atom stereocenters. The van der Waals surface area contributed by atoms with Crippen molar-refractivity contribution in [2.45, 2.75) is 58.3 Å². The molecule has 0 radical (unpaired) electrons. The molecule has 1 aliphatic heterocycles. The van der Waals surface area contributed by atoms with E-state index in [-0.39, 0.29) is 13.0 Å². The minimum atomic E-state index is -1.07. The lowest BCUT2D eigenvalue weighted by atomic mass is 10.1. The van der Waals surface area contributed by atoms with E-state index in [0.717, 1.165) is 12.0 Å². The van der Waals surface area contributed by atoms with Gasteiger partial charge >= 0.3 is 12.1 Å². The summed E-state index contributed by atoms with van der Waals surface area (Å²) in [5.74, 6) is 0.0482. The van der Waals surface area contributed by atoms with Gasteiger partial charge in [-0.3, -0.25) is 4.90 Å². The summed E-state index contributed by atoms with van der Waals surface area (Å²) in [4.78, 5) is 25.1. The van der Waals surface area contributed by atoms with E-state index >= 15 is 0 Å². The molecule has 1 N–H and O–H groups in total. The number of methoxy groups -OCH3 is 1. The number of carbonyl (C=O) groups excluding carboxylic acids is 1. The van der Waals surface area contributed by atoms with Gasteiger partial charge in [-0.1, -0.05) is 13.0 Å². The van der Waals surface area contributed by atoms with Crippen molar-refractivity contribution in [2.24, 2.45) is 0 Å². The van der Waals surface area contributed by atoms with Gasteiger partial charge in [0.1, 0.15) is 17.7 Å². The molecule has 144 valence electrons. The normalized spacial score (nSPS) is 20.0. The quantitative estimate of drug-likeness (QED) is 0.863. The molecule has 0 bridgehead atoms. The predicted molar refractivity (Wildman–Crippen MR) is 95.8 cm³/mol. The summed E-state index contributed by atoms with van der Waals surface area (Å²) in [6.45, 7) is 7.41. The number of benzene rings is 1. The highest BCUT2D eigenvalue weighted by Crippen LogP contribution is 2.32. The molecule has 26 heavy (non-hydrogen) atoms. The number of hydrogen-bond donors (Lipinski definition) is 1. The number of aryl methyl sites for hydroxylation is 1. The van der Waals surface area contributed by atoms with Crippen LogP contribution < -0.4 is 9.47 Å².